The van der Waals surface area contributed by atoms with Crippen LogP contribution >= 0.6 is 11.3 Å². The van der Waals surface area contributed by atoms with Gasteiger partial charge in [-0.05, 0) is 75.8 Å². The number of benzene rings is 1. The third-order valence-corrected chi connectivity index (χ3v) is 6.67. The van der Waals surface area contributed by atoms with Crippen molar-refractivity contribution in [2.75, 3.05) is 5.32 Å². The summed E-state index contributed by atoms with van der Waals surface area (Å²) in [7, 11) is 0. The second-order valence-corrected chi connectivity index (χ2v) is 9.26. The summed E-state index contributed by atoms with van der Waals surface area (Å²) in [5, 5.41) is 17.5. The standard InChI is InChI=1S/C23H29N5OS/c1-14-10-15(2)12-18(11-14)27-23-24-9-8-20(28-23)22-26-16(3)21(30-22)13-25-17-4-6-19(29)7-5-17/h8-12,17,19,25,29H,4-7,13H2,1-3H3,(H,24,27,28). The Kier molecular flexibility index (Phi) is 6.41. The molecule has 0 amide bonds. The highest BCUT2D eigenvalue weighted by Crippen LogP contribution is 2.28. The first-order chi connectivity index (χ1) is 14.5. The molecule has 7 heteroatoms. The number of aromatic nitrogens is 3. The highest BCUT2D eigenvalue weighted by Gasteiger charge is 2.19. The fourth-order valence-electron chi connectivity index (χ4n) is 3.93. The molecule has 158 valence electrons. The summed E-state index contributed by atoms with van der Waals surface area (Å²) in [5.41, 5.74) is 5.27. The SMILES string of the molecule is Cc1cc(C)cc(Nc2nccc(-c3nc(C)c(CNC4CCC(O)CC4)s3)n2)c1. The van der Waals surface area contributed by atoms with Crippen LogP contribution < -0.4 is 10.6 Å². The van der Waals surface area contributed by atoms with Gasteiger partial charge in [0.2, 0.25) is 5.95 Å². The van der Waals surface area contributed by atoms with Gasteiger partial charge < -0.3 is 15.7 Å². The van der Waals surface area contributed by atoms with E-state index in [1.54, 1.807) is 17.5 Å². The molecule has 0 aliphatic heterocycles. The lowest BCUT2D eigenvalue weighted by Gasteiger charge is -2.26. The molecule has 0 spiro atoms. The van der Waals surface area contributed by atoms with Crippen LogP contribution in [0.5, 0.6) is 0 Å². The Balaban J connectivity index is 1.45. The summed E-state index contributed by atoms with van der Waals surface area (Å²) >= 11 is 1.68. The van der Waals surface area contributed by atoms with Crippen molar-refractivity contribution in [3.63, 3.8) is 0 Å². The summed E-state index contributed by atoms with van der Waals surface area (Å²) in [6.07, 6.45) is 5.50. The maximum atomic E-state index is 9.68. The van der Waals surface area contributed by atoms with Crippen LogP contribution in [0.25, 0.3) is 10.7 Å². The van der Waals surface area contributed by atoms with E-state index in [0.717, 1.165) is 54.3 Å². The van der Waals surface area contributed by atoms with Crippen LogP contribution in [0.4, 0.5) is 11.6 Å². The fraction of sp³-hybridized carbons (Fsp3) is 0.435. The van der Waals surface area contributed by atoms with Crippen molar-refractivity contribution in [1.82, 2.24) is 20.3 Å². The van der Waals surface area contributed by atoms with E-state index in [1.165, 1.54) is 16.0 Å². The molecule has 1 aliphatic carbocycles. The number of rotatable bonds is 6. The summed E-state index contributed by atoms with van der Waals surface area (Å²) in [5.74, 6) is 0.575. The van der Waals surface area contributed by atoms with Crippen LogP contribution in [-0.2, 0) is 6.54 Å². The Morgan fingerprint density at radius 2 is 1.77 bits per heavy atom. The maximum absolute atomic E-state index is 9.68. The molecule has 4 rings (SSSR count). The van der Waals surface area contributed by atoms with E-state index in [9.17, 15) is 5.11 Å². The molecule has 2 heterocycles. The predicted molar refractivity (Wildman–Crippen MR) is 122 cm³/mol. The average Bonchev–Trinajstić information content (AvgIpc) is 3.08. The van der Waals surface area contributed by atoms with E-state index in [0.29, 0.717) is 12.0 Å². The molecule has 0 atom stereocenters. The van der Waals surface area contributed by atoms with E-state index < -0.39 is 0 Å². The first kappa shape index (κ1) is 20.9. The van der Waals surface area contributed by atoms with E-state index in [-0.39, 0.29) is 6.10 Å². The smallest absolute Gasteiger partial charge is 0.227 e. The molecule has 3 aromatic rings. The molecule has 1 aliphatic rings. The lowest BCUT2D eigenvalue weighted by Crippen LogP contribution is -2.34. The van der Waals surface area contributed by atoms with Crippen molar-refractivity contribution in [2.24, 2.45) is 0 Å². The summed E-state index contributed by atoms with van der Waals surface area (Å²) in [6, 6.07) is 8.71. The van der Waals surface area contributed by atoms with Gasteiger partial charge in [0.05, 0.1) is 11.8 Å². The van der Waals surface area contributed by atoms with Gasteiger partial charge >= 0.3 is 0 Å². The van der Waals surface area contributed by atoms with E-state index in [2.05, 4.69) is 59.6 Å². The third-order valence-electron chi connectivity index (χ3n) is 5.49. The van der Waals surface area contributed by atoms with Crippen LogP contribution in [0.15, 0.2) is 30.5 Å². The minimum atomic E-state index is -0.121. The van der Waals surface area contributed by atoms with Crippen molar-refractivity contribution in [3.05, 3.63) is 52.2 Å². The van der Waals surface area contributed by atoms with Gasteiger partial charge in [0, 0.05) is 29.3 Å². The molecular formula is C23H29N5OS. The van der Waals surface area contributed by atoms with Crippen molar-refractivity contribution < 1.29 is 5.11 Å². The number of nitrogens with zero attached hydrogens (tertiary/aromatic N) is 3. The lowest BCUT2D eigenvalue weighted by molar-refractivity contribution is 0.116. The Hall–Kier alpha value is -2.35. The van der Waals surface area contributed by atoms with Gasteiger partial charge in [0.1, 0.15) is 10.7 Å². The van der Waals surface area contributed by atoms with Crippen LogP contribution in [0, 0.1) is 20.8 Å². The number of aliphatic hydroxyl groups excluding tert-OH is 1. The summed E-state index contributed by atoms with van der Waals surface area (Å²) in [4.78, 5) is 15.1. The van der Waals surface area contributed by atoms with Crippen molar-refractivity contribution in [3.8, 4) is 10.7 Å². The van der Waals surface area contributed by atoms with Crippen molar-refractivity contribution in [1.29, 1.82) is 0 Å². The molecule has 30 heavy (non-hydrogen) atoms. The highest BCUT2D eigenvalue weighted by molar-refractivity contribution is 7.15. The van der Waals surface area contributed by atoms with Gasteiger partial charge in [-0.1, -0.05) is 6.07 Å². The number of aryl methyl sites for hydroxylation is 3. The average molecular weight is 424 g/mol. The predicted octanol–water partition coefficient (Wildman–Crippen LogP) is 4.66. The molecule has 3 N–H and O–H groups in total. The molecule has 1 saturated carbocycles. The van der Waals surface area contributed by atoms with Gasteiger partial charge in [-0.2, -0.15) is 0 Å². The van der Waals surface area contributed by atoms with Crippen LogP contribution in [-0.4, -0.2) is 32.2 Å². The molecule has 0 saturated heterocycles. The normalized spacial score (nSPS) is 19.1. The van der Waals surface area contributed by atoms with Crippen LogP contribution in [0.2, 0.25) is 0 Å². The molecule has 2 aromatic heterocycles. The highest BCUT2D eigenvalue weighted by atomic mass is 32.1. The Morgan fingerprint density at radius 1 is 1.03 bits per heavy atom. The number of hydrogen-bond acceptors (Lipinski definition) is 7. The third kappa shape index (κ3) is 5.22. The maximum Gasteiger partial charge on any atom is 0.227 e. The van der Waals surface area contributed by atoms with E-state index >= 15 is 0 Å². The van der Waals surface area contributed by atoms with Crippen molar-refractivity contribution in [2.45, 2.75) is 65.1 Å². The Morgan fingerprint density at radius 3 is 2.50 bits per heavy atom. The molecule has 1 fully saturated rings. The molecule has 0 bridgehead atoms. The zero-order chi connectivity index (χ0) is 21.1. The summed E-state index contributed by atoms with van der Waals surface area (Å²) < 4.78 is 0. The minimum absolute atomic E-state index is 0.121. The minimum Gasteiger partial charge on any atom is -0.393 e. The fourth-order valence-corrected chi connectivity index (χ4v) is 4.92. The first-order valence-electron chi connectivity index (χ1n) is 10.5. The Labute approximate surface area is 181 Å². The molecule has 1 aromatic carbocycles. The van der Waals surface area contributed by atoms with E-state index in [1.807, 2.05) is 6.07 Å². The molecule has 6 nitrogen and oxygen atoms in total. The number of nitrogens with one attached hydrogen (secondary N) is 2. The molecular weight excluding hydrogens is 394 g/mol. The van der Waals surface area contributed by atoms with Crippen LogP contribution in [0.3, 0.4) is 0 Å². The van der Waals surface area contributed by atoms with E-state index in [4.69, 9.17) is 4.98 Å². The zero-order valence-corrected chi connectivity index (χ0v) is 18.6. The second kappa shape index (κ2) is 9.20. The molecule has 0 unspecified atom stereocenters. The van der Waals surface area contributed by atoms with Gasteiger partial charge in [-0.3, -0.25) is 0 Å². The molecule has 0 radical (unpaired) electrons. The lowest BCUT2D eigenvalue weighted by atomic mass is 9.93. The van der Waals surface area contributed by atoms with Gasteiger partial charge in [0.15, 0.2) is 0 Å². The number of thiazole rings is 1. The first-order valence-corrected chi connectivity index (χ1v) is 11.3. The number of anilines is 2. The number of hydrogen-bond donors (Lipinski definition) is 3. The van der Waals surface area contributed by atoms with Gasteiger partial charge in [-0.25, -0.2) is 15.0 Å². The monoisotopic (exact) mass is 423 g/mol. The van der Waals surface area contributed by atoms with Crippen molar-refractivity contribution >= 4 is 23.0 Å². The zero-order valence-electron chi connectivity index (χ0n) is 17.8. The largest absolute Gasteiger partial charge is 0.393 e. The topological polar surface area (TPSA) is 83.0 Å². The van der Waals surface area contributed by atoms with Crippen LogP contribution in [0.1, 0.15) is 47.4 Å². The van der Waals surface area contributed by atoms with Gasteiger partial charge in [-0.15, -0.1) is 11.3 Å². The summed E-state index contributed by atoms with van der Waals surface area (Å²) in [6.45, 7) is 7.03. The quantitative estimate of drug-likeness (QED) is 0.535. The second-order valence-electron chi connectivity index (χ2n) is 8.18. The Bertz CT molecular complexity index is 990. The van der Waals surface area contributed by atoms with Gasteiger partial charge in [0.25, 0.3) is 0 Å². The number of aliphatic hydroxyl groups is 1.